The Labute approximate surface area is 252 Å². The molecule has 1 aliphatic heterocycles. The summed E-state index contributed by atoms with van der Waals surface area (Å²) in [5.74, 6) is -1.79. The van der Waals surface area contributed by atoms with Gasteiger partial charge in [-0.15, -0.1) is 0 Å². The molecule has 1 aliphatic carbocycles. The molecule has 3 N–H and O–H groups in total. The number of methoxy groups -OCH3 is 1. The predicted octanol–water partition coefficient (Wildman–Crippen LogP) is 1.65. The van der Waals surface area contributed by atoms with Crippen LogP contribution in [0.3, 0.4) is 0 Å². The van der Waals surface area contributed by atoms with Crippen LogP contribution >= 0.6 is 0 Å². The summed E-state index contributed by atoms with van der Waals surface area (Å²) in [6, 6.07) is 2.72. The Morgan fingerprint density at radius 3 is 2.73 bits per heavy atom. The van der Waals surface area contributed by atoms with E-state index < -0.39 is 23.8 Å². The van der Waals surface area contributed by atoms with E-state index in [-0.39, 0.29) is 44.4 Å². The van der Waals surface area contributed by atoms with Gasteiger partial charge in [0.25, 0.3) is 5.56 Å². The van der Waals surface area contributed by atoms with Crippen LogP contribution in [0.2, 0.25) is 0 Å². The van der Waals surface area contributed by atoms with E-state index in [0.29, 0.717) is 59.3 Å². The zero-order valence-electron chi connectivity index (χ0n) is 24.8. The SMILES string of the molecule is CCC(C=O)c1cc2n(c(=O)c1COC)Cc1c-2nc2cc(F)c(C)c3c2c1C(NC(=O)COCNC(=O)CNC=O)CC3. The minimum absolute atomic E-state index is 0.0404. The molecular formula is C31H34FN5O7. The van der Waals surface area contributed by atoms with Crippen molar-refractivity contribution in [3.8, 4) is 11.4 Å². The Balaban J connectivity index is 1.54. The van der Waals surface area contributed by atoms with Crippen LogP contribution in [0.15, 0.2) is 16.9 Å². The lowest BCUT2D eigenvalue weighted by molar-refractivity contribution is -0.129. The number of aryl methyl sites for hydroxylation is 1. The summed E-state index contributed by atoms with van der Waals surface area (Å²) in [7, 11) is 1.49. The maximum Gasteiger partial charge on any atom is 0.257 e. The molecule has 0 fully saturated rings. The largest absolute Gasteiger partial charge is 0.380 e. The molecule has 2 aliphatic rings. The number of benzene rings is 1. The Bertz CT molecular complexity index is 1720. The van der Waals surface area contributed by atoms with Gasteiger partial charge >= 0.3 is 0 Å². The van der Waals surface area contributed by atoms with Crippen molar-refractivity contribution < 1.29 is 33.0 Å². The standard InChI is InChI=1S/C31H34FN5O7/c1-4-17(11-38)19-7-25-30-20(10-37(25)31(42)21(19)12-43-3)29-23(35-27(41)13-44-15-34-26(40)9-33-14-39)6-5-18-16(2)22(32)8-24(36-30)28(18)29/h7-8,11,14,17,23H,4-6,9-10,12-13,15H2,1-3H3,(H,33,39)(H,34,40)(H,35,41). The average molecular weight is 608 g/mol. The van der Waals surface area contributed by atoms with Crippen molar-refractivity contribution in [3.05, 3.63) is 61.7 Å². The van der Waals surface area contributed by atoms with Crippen LogP contribution in [-0.4, -0.2) is 61.1 Å². The van der Waals surface area contributed by atoms with E-state index in [0.717, 1.165) is 28.4 Å². The normalized spacial score (nSPS) is 15.3. The lowest BCUT2D eigenvalue weighted by Gasteiger charge is -2.29. The van der Waals surface area contributed by atoms with E-state index in [9.17, 15) is 24.0 Å². The first-order valence-corrected chi connectivity index (χ1v) is 14.4. The van der Waals surface area contributed by atoms with Crippen molar-refractivity contribution in [1.29, 1.82) is 0 Å². The second-order valence-electron chi connectivity index (χ2n) is 10.9. The van der Waals surface area contributed by atoms with Crippen LogP contribution in [0.5, 0.6) is 0 Å². The highest BCUT2D eigenvalue weighted by Crippen LogP contribution is 2.45. The number of amides is 3. The third kappa shape index (κ3) is 5.60. The fraction of sp³-hybridized carbons (Fsp3) is 0.419. The number of aromatic nitrogens is 2. The summed E-state index contributed by atoms with van der Waals surface area (Å²) < 4.78 is 27.3. The van der Waals surface area contributed by atoms with E-state index in [1.807, 2.05) is 13.0 Å². The maximum absolute atomic E-state index is 15.1. The smallest absolute Gasteiger partial charge is 0.257 e. The highest BCUT2D eigenvalue weighted by molar-refractivity contribution is 5.93. The van der Waals surface area contributed by atoms with Gasteiger partial charge in [0.05, 0.1) is 42.6 Å². The molecular weight excluding hydrogens is 573 g/mol. The second-order valence-corrected chi connectivity index (χ2v) is 10.9. The van der Waals surface area contributed by atoms with Gasteiger partial charge in [-0.25, -0.2) is 9.37 Å². The van der Waals surface area contributed by atoms with Crippen molar-refractivity contribution in [3.63, 3.8) is 0 Å². The zero-order valence-corrected chi connectivity index (χ0v) is 24.8. The summed E-state index contributed by atoms with van der Waals surface area (Å²) in [6.07, 6.45) is 2.71. The van der Waals surface area contributed by atoms with Crippen LogP contribution in [0.4, 0.5) is 4.39 Å². The van der Waals surface area contributed by atoms with Crippen molar-refractivity contribution in [2.45, 2.75) is 58.2 Å². The zero-order chi connectivity index (χ0) is 31.5. The predicted molar refractivity (Wildman–Crippen MR) is 157 cm³/mol. The number of aldehydes is 1. The number of nitrogens with zero attached hydrogens (tertiary/aromatic N) is 2. The van der Waals surface area contributed by atoms with Crippen LogP contribution in [0.25, 0.3) is 22.3 Å². The topological polar surface area (TPSA) is 158 Å². The minimum atomic E-state index is -0.508. The van der Waals surface area contributed by atoms with Gasteiger partial charge in [0.15, 0.2) is 0 Å². The van der Waals surface area contributed by atoms with E-state index in [2.05, 4.69) is 16.0 Å². The van der Waals surface area contributed by atoms with E-state index >= 15 is 4.39 Å². The van der Waals surface area contributed by atoms with Crippen molar-refractivity contribution >= 4 is 35.4 Å². The molecule has 5 rings (SSSR count). The molecule has 0 spiro atoms. The van der Waals surface area contributed by atoms with E-state index in [1.54, 1.807) is 11.5 Å². The van der Waals surface area contributed by atoms with Gasteiger partial charge in [0.1, 0.15) is 25.4 Å². The van der Waals surface area contributed by atoms with Gasteiger partial charge in [-0.3, -0.25) is 19.2 Å². The fourth-order valence-electron chi connectivity index (χ4n) is 6.23. The van der Waals surface area contributed by atoms with Gasteiger partial charge in [-0.2, -0.15) is 0 Å². The minimum Gasteiger partial charge on any atom is -0.380 e. The van der Waals surface area contributed by atoms with Crippen molar-refractivity contribution in [2.75, 3.05) is 27.0 Å². The molecule has 0 radical (unpaired) electrons. The molecule has 2 atom stereocenters. The number of halogens is 1. The molecule has 2 unspecified atom stereocenters. The first-order chi connectivity index (χ1) is 21.2. The second kappa shape index (κ2) is 13.0. The molecule has 0 bridgehead atoms. The number of hydrogen-bond acceptors (Lipinski definition) is 8. The number of ether oxygens (including phenoxy) is 2. The third-order valence-corrected chi connectivity index (χ3v) is 8.35. The molecule has 13 heteroatoms. The lowest BCUT2D eigenvalue weighted by Crippen LogP contribution is -2.37. The quantitative estimate of drug-likeness (QED) is 0.118. The molecule has 1 aromatic carbocycles. The van der Waals surface area contributed by atoms with Crippen LogP contribution < -0.4 is 21.5 Å². The summed E-state index contributed by atoms with van der Waals surface area (Å²) in [5.41, 5.74) is 5.01. The van der Waals surface area contributed by atoms with E-state index in [1.165, 1.54) is 13.2 Å². The molecule has 12 nitrogen and oxygen atoms in total. The van der Waals surface area contributed by atoms with Crippen LogP contribution in [0, 0.1) is 12.7 Å². The van der Waals surface area contributed by atoms with Crippen molar-refractivity contribution in [2.24, 2.45) is 0 Å². The average Bonchev–Trinajstić information content (AvgIpc) is 3.38. The number of carbonyl (C=O) groups is 4. The molecule has 232 valence electrons. The first-order valence-electron chi connectivity index (χ1n) is 14.4. The van der Waals surface area contributed by atoms with E-state index in [4.69, 9.17) is 14.5 Å². The molecule has 3 aromatic rings. The van der Waals surface area contributed by atoms with Gasteiger partial charge in [-0.1, -0.05) is 6.92 Å². The molecule has 3 heterocycles. The summed E-state index contributed by atoms with van der Waals surface area (Å²) in [6.45, 7) is 3.05. The Morgan fingerprint density at radius 1 is 1.23 bits per heavy atom. The summed E-state index contributed by atoms with van der Waals surface area (Å²) in [4.78, 5) is 65.5. The molecule has 0 saturated heterocycles. The number of carbonyl (C=O) groups excluding carboxylic acids is 4. The van der Waals surface area contributed by atoms with Gasteiger partial charge in [0.2, 0.25) is 18.2 Å². The van der Waals surface area contributed by atoms with Crippen molar-refractivity contribution in [1.82, 2.24) is 25.5 Å². The highest BCUT2D eigenvalue weighted by atomic mass is 19.1. The number of hydrogen-bond donors (Lipinski definition) is 3. The molecule has 3 amide bonds. The van der Waals surface area contributed by atoms with Gasteiger partial charge < -0.3 is 34.8 Å². The monoisotopic (exact) mass is 607 g/mol. The summed E-state index contributed by atoms with van der Waals surface area (Å²) >= 11 is 0. The molecule has 0 saturated carbocycles. The first kappa shape index (κ1) is 31.0. The number of pyridine rings is 2. The third-order valence-electron chi connectivity index (χ3n) is 8.35. The van der Waals surface area contributed by atoms with Gasteiger partial charge in [-0.05, 0) is 54.5 Å². The number of rotatable bonds is 13. The Morgan fingerprint density at radius 2 is 2.02 bits per heavy atom. The Kier molecular flexibility index (Phi) is 9.16. The van der Waals surface area contributed by atoms with Crippen LogP contribution in [-0.2, 0) is 48.2 Å². The summed E-state index contributed by atoms with van der Waals surface area (Å²) in [5, 5.41) is 8.44. The lowest BCUT2D eigenvalue weighted by atomic mass is 9.81. The molecule has 2 aromatic heterocycles. The number of nitrogens with one attached hydrogen (secondary N) is 3. The Hall–Kier alpha value is -4.49. The fourth-order valence-corrected chi connectivity index (χ4v) is 6.23. The molecule has 44 heavy (non-hydrogen) atoms. The van der Waals surface area contributed by atoms with Gasteiger partial charge in [0, 0.05) is 35.6 Å². The maximum atomic E-state index is 15.1. The highest BCUT2D eigenvalue weighted by Gasteiger charge is 2.35. The van der Waals surface area contributed by atoms with Crippen LogP contribution in [0.1, 0.15) is 65.1 Å². The number of fused-ring (bicyclic) bond motifs is 4.